The molecule has 192 valence electrons. The minimum absolute atomic E-state index is 0.0810. The van der Waals surface area contributed by atoms with Crippen molar-refractivity contribution in [3.05, 3.63) is 99.8 Å². The molecule has 5 rings (SSSR count). The summed E-state index contributed by atoms with van der Waals surface area (Å²) in [5, 5.41) is 7.11. The number of imide groups is 1. The zero-order valence-corrected chi connectivity index (χ0v) is 21.7. The summed E-state index contributed by atoms with van der Waals surface area (Å²) >= 11 is 12.2. The van der Waals surface area contributed by atoms with Crippen LogP contribution in [0, 0.1) is 0 Å². The number of hydrogen-bond acceptors (Lipinski definition) is 4. The first kappa shape index (κ1) is 25.4. The fourth-order valence-electron chi connectivity index (χ4n) is 4.31. The summed E-state index contributed by atoms with van der Waals surface area (Å²) in [4.78, 5) is 39.1. The van der Waals surface area contributed by atoms with Gasteiger partial charge in [0, 0.05) is 29.2 Å². The minimum Gasteiger partial charge on any atom is -0.495 e. The van der Waals surface area contributed by atoms with E-state index in [1.807, 2.05) is 47.2 Å². The molecule has 1 aliphatic rings. The second-order valence-electron chi connectivity index (χ2n) is 8.61. The molecular formula is C28H22Cl2N4O4. The minimum atomic E-state index is -0.670. The first-order valence-corrected chi connectivity index (χ1v) is 12.4. The molecule has 0 unspecified atom stereocenters. The van der Waals surface area contributed by atoms with Gasteiger partial charge in [0.15, 0.2) is 0 Å². The number of ether oxygens (including phenoxy) is 1. The Hall–Kier alpha value is -4.27. The number of nitrogens with zero attached hydrogens (tertiary/aromatic N) is 2. The highest BCUT2D eigenvalue weighted by molar-refractivity contribution is 6.42. The molecule has 1 fully saturated rings. The average Bonchev–Trinajstić information content (AvgIpc) is 3.38. The zero-order valence-electron chi connectivity index (χ0n) is 20.2. The number of amides is 4. The molecule has 10 heteroatoms. The van der Waals surface area contributed by atoms with E-state index in [4.69, 9.17) is 27.9 Å². The number of methoxy groups -OCH3 is 1. The lowest BCUT2D eigenvalue weighted by Gasteiger charge is -2.13. The number of urea groups is 1. The number of anilines is 1. The standard InChI is InChI=1S/C28H22Cl2N4O4/c1-38-25-9-5-3-7-22(25)31-26(35)16-34-27(36)23(32-28(34)37)13-18-15-33(24-8-4-2-6-19(18)24)14-17-10-11-20(29)21(30)12-17/h2-13,15H,14,16H2,1H3,(H,31,35)(H,32,37)/b23-13+. The molecule has 38 heavy (non-hydrogen) atoms. The Labute approximate surface area is 228 Å². The van der Waals surface area contributed by atoms with E-state index in [-0.39, 0.29) is 5.70 Å². The summed E-state index contributed by atoms with van der Waals surface area (Å²) < 4.78 is 7.26. The first-order chi connectivity index (χ1) is 18.3. The van der Waals surface area contributed by atoms with E-state index in [1.165, 1.54) is 7.11 Å². The summed E-state index contributed by atoms with van der Waals surface area (Å²) in [6.07, 6.45) is 3.52. The molecule has 8 nitrogen and oxygen atoms in total. The van der Waals surface area contributed by atoms with Crippen molar-refractivity contribution >= 4 is 63.7 Å². The highest BCUT2D eigenvalue weighted by atomic mass is 35.5. The molecule has 0 aliphatic carbocycles. The van der Waals surface area contributed by atoms with Crippen LogP contribution in [0.3, 0.4) is 0 Å². The van der Waals surface area contributed by atoms with Crippen LogP contribution in [0.1, 0.15) is 11.1 Å². The van der Waals surface area contributed by atoms with Crippen LogP contribution >= 0.6 is 23.2 Å². The second-order valence-corrected chi connectivity index (χ2v) is 9.42. The maximum absolute atomic E-state index is 13.1. The lowest BCUT2D eigenvalue weighted by atomic mass is 10.1. The first-order valence-electron chi connectivity index (χ1n) is 11.6. The predicted molar refractivity (Wildman–Crippen MR) is 147 cm³/mol. The van der Waals surface area contributed by atoms with Crippen molar-refractivity contribution in [2.24, 2.45) is 0 Å². The molecule has 3 aromatic carbocycles. The number of fused-ring (bicyclic) bond motifs is 1. The summed E-state index contributed by atoms with van der Waals surface area (Å²) in [5.74, 6) is -0.653. The van der Waals surface area contributed by atoms with Crippen molar-refractivity contribution in [3.63, 3.8) is 0 Å². The van der Waals surface area contributed by atoms with Gasteiger partial charge in [0.1, 0.15) is 18.0 Å². The average molecular weight is 549 g/mol. The molecule has 0 saturated carbocycles. The molecule has 0 spiro atoms. The smallest absolute Gasteiger partial charge is 0.329 e. The number of aromatic nitrogens is 1. The highest BCUT2D eigenvalue weighted by Crippen LogP contribution is 2.28. The van der Waals surface area contributed by atoms with E-state index < -0.39 is 24.4 Å². The van der Waals surface area contributed by atoms with Crippen molar-refractivity contribution in [3.8, 4) is 5.75 Å². The van der Waals surface area contributed by atoms with E-state index in [1.54, 1.807) is 36.4 Å². The van der Waals surface area contributed by atoms with Gasteiger partial charge in [0.25, 0.3) is 5.91 Å². The molecule has 0 atom stereocenters. The van der Waals surface area contributed by atoms with E-state index in [0.717, 1.165) is 26.9 Å². The quantitative estimate of drug-likeness (QED) is 0.234. The van der Waals surface area contributed by atoms with Crippen LogP contribution in [-0.2, 0) is 16.1 Å². The molecule has 2 heterocycles. The Bertz CT molecular complexity index is 1610. The van der Waals surface area contributed by atoms with Gasteiger partial charge < -0.3 is 19.9 Å². The fraction of sp³-hybridized carbons (Fsp3) is 0.107. The lowest BCUT2D eigenvalue weighted by molar-refractivity contribution is -0.127. The number of benzene rings is 3. The highest BCUT2D eigenvalue weighted by Gasteiger charge is 2.35. The van der Waals surface area contributed by atoms with Crippen LogP contribution in [-0.4, -0.2) is 41.0 Å². The van der Waals surface area contributed by atoms with Gasteiger partial charge in [-0.1, -0.05) is 59.6 Å². The number of carbonyl (C=O) groups is 3. The van der Waals surface area contributed by atoms with Crippen LogP contribution in [0.25, 0.3) is 17.0 Å². The SMILES string of the molecule is COc1ccccc1NC(=O)CN1C(=O)N/C(=C/c2cn(Cc3ccc(Cl)c(Cl)c3)c3ccccc23)C1=O. The van der Waals surface area contributed by atoms with Gasteiger partial charge in [-0.25, -0.2) is 9.69 Å². The molecule has 1 aliphatic heterocycles. The number of carbonyl (C=O) groups excluding carboxylic acids is 3. The van der Waals surface area contributed by atoms with Crippen molar-refractivity contribution in [2.45, 2.75) is 6.54 Å². The van der Waals surface area contributed by atoms with Gasteiger partial charge >= 0.3 is 6.03 Å². The normalized spacial score (nSPS) is 14.3. The second kappa shape index (κ2) is 10.6. The molecule has 4 aromatic rings. The molecule has 0 bridgehead atoms. The van der Waals surface area contributed by atoms with Crippen LogP contribution in [0.2, 0.25) is 10.0 Å². The van der Waals surface area contributed by atoms with Gasteiger partial charge in [-0.05, 0) is 42.0 Å². The fourth-order valence-corrected chi connectivity index (χ4v) is 4.63. The summed E-state index contributed by atoms with van der Waals surface area (Å²) in [5.41, 5.74) is 3.16. The summed E-state index contributed by atoms with van der Waals surface area (Å²) in [7, 11) is 1.49. The Morgan fingerprint density at radius 1 is 1.03 bits per heavy atom. The van der Waals surface area contributed by atoms with E-state index in [2.05, 4.69) is 10.6 Å². The van der Waals surface area contributed by atoms with Gasteiger partial charge in [-0.2, -0.15) is 0 Å². The van der Waals surface area contributed by atoms with Gasteiger partial charge in [0.2, 0.25) is 5.91 Å². The Kier molecular flexibility index (Phi) is 7.09. The summed E-state index contributed by atoms with van der Waals surface area (Å²) in [6.45, 7) is 0.0786. The third-order valence-electron chi connectivity index (χ3n) is 6.10. The van der Waals surface area contributed by atoms with E-state index in [0.29, 0.717) is 28.0 Å². The van der Waals surface area contributed by atoms with Crippen molar-refractivity contribution in [1.29, 1.82) is 0 Å². The number of para-hydroxylation sites is 3. The molecule has 1 aromatic heterocycles. The monoisotopic (exact) mass is 548 g/mol. The van der Waals surface area contributed by atoms with E-state index >= 15 is 0 Å². The number of hydrogen-bond donors (Lipinski definition) is 2. The molecule has 0 radical (unpaired) electrons. The van der Waals surface area contributed by atoms with E-state index in [9.17, 15) is 14.4 Å². The lowest BCUT2D eigenvalue weighted by Crippen LogP contribution is -2.38. The van der Waals surface area contributed by atoms with Gasteiger partial charge in [-0.3, -0.25) is 9.59 Å². The maximum Gasteiger partial charge on any atom is 0.329 e. The van der Waals surface area contributed by atoms with Crippen LogP contribution in [0.15, 0.2) is 78.6 Å². The number of rotatable bonds is 7. The van der Waals surface area contributed by atoms with Crippen LogP contribution < -0.4 is 15.4 Å². The van der Waals surface area contributed by atoms with Crippen LogP contribution in [0.5, 0.6) is 5.75 Å². The third kappa shape index (κ3) is 5.09. The molecule has 2 N–H and O–H groups in total. The van der Waals surface area contributed by atoms with Crippen molar-refractivity contribution in [2.75, 3.05) is 19.0 Å². The number of nitrogens with one attached hydrogen (secondary N) is 2. The Morgan fingerprint density at radius 3 is 2.58 bits per heavy atom. The van der Waals surface area contributed by atoms with Gasteiger partial charge in [-0.15, -0.1) is 0 Å². The molecule has 4 amide bonds. The van der Waals surface area contributed by atoms with Gasteiger partial charge in [0.05, 0.1) is 22.8 Å². The van der Waals surface area contributed by atoms with Crippen molar-refractivity contribution < 1.29 is 19.1 Å². The van der Waals surface area contributed by atoms with Crippen molar-refractivity contribution in [1.82, 2.24) is 14.8 Å². The molecular weight excluding hydrogens is 527 g/mol. The zero-order chi connectivity index (χ0) is 26.8. The number of halogens is 2. The molecule has 1 saturated heterocycles. The predicted octanol–water partition coefficient (Wildman–Crippen LogP) is 5.54. The largest absolute Gasteiger partial charge is 0.495 e. The summed E-state index contributed by atoms with van der Waals surface area (Å²) in [6, 6.07) is 19.4. The van der Waals surface area contributed by atoms with Crippen LogP contribution in [0.4, 0.5) is 10.5 Å². The Balaban J connectivity index is 1.37. The maximum atomic E-state index is 13.1. The topological polar surface area (TPSA) is 92.7 Å². The third-order valence-corrected chi connectivity index (χ3v) is 6.84. The Morgan fingerprint density at radius 2 is 1.79 bits per heavy atom.